The summed E-state index contributed by atoms with van der Waals surface area (Å²) < 4.78 is 5.44. The number of hydrogen-bond donors (Lipinski definition) is 2. The molecular formula is C25H36IN5O. The summed E-state index contributed by atoms with van der Waals surface area (Å²) in [6.45, 7) is 7.62. The molecule has 2 aromatic rings. The van der Waals surface area contributed by atoms with Crippen LogP contribution in [0.3, 0.4) is 0 Å². The predicted octanol–water partition coefficient (Wildman–Crippen LogP) is 3.47. The predicted molar refractivity (Wildman–Crippen MR) is 143 cm³/mol. The molecule has 2 aromatic carbocycles. The molecule has 7 heteroatoms. The molecule has 0 unspecified atom stereocenters. The summed E-state index contributed by atoms with van der Waals surface area (Å²) in [7, 11) is 1.85. The van der Waals surface area contributed by atoms with Crippen molar-refractivity contribution in [1.82, 2.24) is 15.5 Å². The molecule has 2 heterocycles. The normalized spacial score (nSPS) is 18.2. The van der Waals surface area contributed by atoms with Crippen molar-refractivity contribution in [1.29, 1.82) is 0 Å². The summed E-state index contributed by atoms with van der Waals surface area (Å²) in [5, 5.41) is 7.09. The Bertz CT molecular complexity index is 816. The number of anilines is 1. The second-order valence-corrected chi connectivity index (χ2v) is 8.37. The first-order valence-corrected chi connectivity index (χ1v) is 11.5. The van der Waals surface area contributed by atoms with Crippen molar-refractivity contribution in [2.45, 2.75) is 32.0 Å². The van der Waals surface area contributed by atoms with Crippen LogP contribution in [0.1, 0.15) is 24.0 Å². The van der Waals surface area contributed by atoms with E-state index < -0.39 is 0 Å². The first kappa shape index (κ1) is 24.8. The number of likely N-dealkylation sites (tertiary alicyclic amines) is 1. The number of nitrogens with zero attached hydrogens (tertiary/aromatic N) is 3. The minimum atomic E-state index is 0. The van der Waals surface area contributed by atoms with E-state index in [9.17, 15) is 0 Å². The number of ether oxygens (including phenoxy) is 1. The molecule has 0 bridgehead atoms. The van der Waals surface area contributed by atoms with Gasteiger partial charge >= 0.3 is 0 Å². The van der Waals surface area contributed by atoms with E-state index >= 15 is 0 Å². The highest BCUT2D eigenvalue weighted by atomic mass is 127. The summed E-state index contributed by atoms with van der Waals surface area (Å²) in [5.74, 6) is 0.888. The molecule has 0 saturated carbocycles. The highest BCUT2D eigenvalue weighted by molar-refractivity contribution is 14.0. The van der Waals surface area contributed by atoms with Gasteiger partial charge in [0.2, 0.25) is 0 Å². The molecule has 0 atom stereocenters. The first-order valence-electron chi connectivity index (χ1n) is 11.5. The third-order valence-corrected chi connectivity index (χ3v) is 6.17. The molecule has 2 fully saturated rings. The van der Waals surface area contributed by atoms with Crippen LogP contribution in [0.15, 0.2) is 59.6 Å². The van der Waals surface area contributed by atoms with E-state index in [1.807, 2.05) is 7.05 Å². The van der Waals surface area contributed by atoms with Crippen molar-refractivity contribution in [2.75, 3.05) is 51.3 Å². The van der Waals surface area contributed by atoms with Crippen LogP contribution >= 0.6 is 24.0 Å². The van der Waals surface area contributed by atoms with Crippen molar-refractivity contribution >= 4 is 35.6 Å². The number of aliphatic imine (C=N–C) groups is 1. The van der Waals surface area contributed by atoms with Gasteiger partial charge in [-0.2, -0.15) is 0 Å². The molecule has 2 aliphatic heterocycles. The Kier molecular flexibility index (Phi) is 10.1. The summed E-state index contributed by atoms with van der Waals surface area (Å²) in [5.41, 5.74) is 3.93. The lowest BCUT2D eigenvalue weighted by Crippen LogP contribution is -2.48. The molecule has 174 valence electrons. The standard InChI is InChI=1S/C25H35N5O.HI/c1-26-25(27-19-21-7-9-24(10-8-21)30-15-17-31-18-16-30)28-23-11-13-29(14-12-23)20-22-5-3-2-4-6-22;/h2-10,23H,11-20H2,1H3,(H2,26,27,28);1H. The lowest BCUT2D eigenvalue weighted by Gasteiger charge is -2.33. The van der Waals surface area contributed by atoms with Crippen molar-refractivity contribution in [2.24, 2.45) is 4.99 Å². The zero-order chi connectivity index (χ0) is 21.3. The van der Waals surface area contributed by atoms with E-state index in [1.165, 1.54) is 16.8 Å². The fourth-order valence-corrected chi connectivity index (χ4v) is 4.30. The largest absolute Gasteiger partial charge is 0.378 e. The number of morpholine rings is 1. The molecule has 0 spiro atoms. The molecule has 0 amide bonds. The van der Waals surface area contributed by atoms with Crippen LogP contribution in [-0.2, 0) is 17.8 Å². The van der Waals surface area contributed by atoms with Gasteiger partial charge in [0.1, 0.15) is 0 Å². The Morgan fingerprint density at radius 2 is 1.62 bits per heavy atom. The van der Waals surface area contributed by atoms with Crippen LogP contribution in [-0.4, -0.2) is 63.3 Å². The Labute approximate surface area is 209 Å². The van der Waals surface area contributed by atoms with E-state index in [0.29, 0.717) is 6.04 Å². The molecule has 4 rings (SSSR count). The molecule has 0 radical (unpaired) electrons. The van der Waals surface area contributed by atoms with E-state index in [2.05, 4.69) is 80.0 Å². The monoisotopic (exact) mass is 549 g/mol. The second-order valence-electron chi connectivity index (χ2n) is 8.37. The zero-order valence-corrected chi connectivity index (χ0v) is 21.3. The Hall–Kier alpha value is -1.84. The highest BCUT2D eigenvalue weighted by Crippen LogP contribution is 2.17. The van der Waals surface area contributed by atoms with E-state index in [1.54, 1.807) is 0 Å². The number of benzene rings is 2. The number of piperidine rings is 1. The maximum atomic E-state index is 5.44. The minimum absolute atomic E-state index is 0. The van der Waals surface area contributed by atoms with Crippen molar-refractivity contribution in [3.63, 3.8) is 0 Å². The first-order chi connectivity index (χ1) is 15.3. The maximum Gasteiger partial charge on any atom is 0.191 e. The molecule has 6 nitrogen and oxygen atoms in total. The van der Waals surface area contributed by atoms with Crippen LogP contribution in [0.2, 0.25) is 0 Å². The van der Waals surface area contributed by atoms with E-state index in [4.69, 9.17) is 4.74 Å². The van der Waals surface area contributed by atoms with E-state index in [0.717, 1.165) is 71.3 Å². The van der Waals surface area contributed by atoms with E-state index in [-0.39, 0.29) is 24.0 Å². The number of nitrogens with one attached hydrogen (secondary N) is 2. The third-order valence-electron chi connectivity index (χ3n) is 6.17. The van der Waals surface area contributed by atoms with Gasteiger partial charge in [0, 0.05) is 58.0 Å². The van der Waals surface area contributed by atoms with Crippen LogP contribution in [0.4, 0.5) is 5.69 Å². The quantitative estimate of drug-likeness (QED) is 0.329. The number of halogens is 1. The SMILES string of the molecule is CN=C(NCc1ccc(N2CCOCC2)cc1)NC1CCN(Cc2ccccc2)CC1.I. The van der Waals surface area contributed by atoms with Gasteiger partial charge < -0.3 is 20.3 Å². The molecule has 2 N–H and O–H groups in total. The summed E-state index contributed by atoms with van der Waals surface area (Å²) in [6, 6.07) is 20.0. The molecule has 32 heavy (non-hydrogen) atoms. The van der Waals surface area contributed by atoms with Gasteiger partial charge in [-0.25, -0.2) is 0 Å². The van der Waals surface area contributed by atoms with Gasteiger partial charge in [0.15, 0.2) is 5.96 Å². The zero-order valence-electron chi connectivity index (χ0n) is 19.0. The minimum Gasteiger partial charge on any atom is -0.378 e. The molecule has 0 aromatic heterocycles. The van der Waals surface area contributed by atoms with Crippen LogP contribution in [0, 0.1) is 0 Å². The lowest BCUT2D eigenvalue weighted by molar-refractivity contribution is 0.122. The summed E-state index contributed by atoms with van der Waals surface area (Å²) >= 11 is 0. The second kappa shape index (κ2) is 13.0. The molecular weight excluding hydrogens is 513 g/mol. The van der Waals surface area contributed by atoms with Gasteiger partial charge in [-0.15, -0.1) is 24.0 Å². The van der Waals surface area contributed by atoms with Gasteiger partial charge in [-0.3, -0.25) is 9.89 Å². The topological polar surface area (TPSA) is 52.1 Å². The van der Waals surface area contributed by atoms with Gasteiger partial charge in [-0.05, 0) is 36.1 Å². The van der Waals surface area contributed by atoms with Crippen molar-refractivity contribution in [3.05, 3.63) is 65.7 Å². The molecule has 2 aliphatic rings. The summed E-state index contributed by atoms with van der Waals surface area (Å²) in [6.07, 6.45) is 2.28. The Balaban J connectivity index is 0.00000289. The highest BCUT2D eigenvalue weighted by Gasteiger charge is 2.20. The number of rotatable bonds is 6. The Morgan fingerprint density at radius 1 is 0.938 bits per heavy atom. The fraction of sp³-hybridized carbons (Fsp3) is 0.480. The van der Waals surface area contributed by atoms with Crippen LogP contribution < -0.4 is 15.5 Å². The average molecular weight is 550 g/mol. The van der Waals surface area contributed by atoms with Crippen LogP contribution in [0.25, 0.3) is 0 Å². The molecule has 2 saturated heterocycles. The maximum absolute atomic E-state index is 5.44. The lowest BCUT2D eigenvalue weighted by atomic mass is 10.0. The van der Waals surface area contributed by atoms with Gasteiger partial charge in [0.05, 0.1) is 13.2 Å². The summed E-state index contributed by atoms with van der Waals surface area (Å²) in [4.78, 5) is 9.36. The Morgan fingerprint density at radius 3 is 2.28 bits per heavy atom. The van der Waals surface area contributed by atoms with Crippen LogP contribution in [0.5, 0.6) is 0 Å². The van der Waals surface area contributed by atoms with Gasteiger partial charge in [0.25, 0.3) is 0 Å². The van der Waals surface area contributed by atoms with Crippen molar-refractivity contribution in [3.8, 4) is 0 Å². The fourth-order valence-electron chi connectivity index (χ4n) is 4.30. The van der Waals surface area contributed by atoms with Crippen molar-refractivity contribution < 1.29 is 4.74 Å². The van der Waals surface area contributed by atoms with Gasteiger partial charge in [-0.1, -0.05) is 42.5 Å². The smallest absolute Gasteiger partial charge is 0.191 e. The molecule has 0 aliphatic carbocycles. The number of guanidine groups is 1. The number of hydrogen-bond acceptors (Lipinski definition) is 4. The third kappa shape index (κ3) is 7.35. The average Bonchev–Trinajstić information content (AvgIpc) is 2.84.